The van der Waals surface area contributed by atoms with Crippen molar-refractivity contribution in [2.75, 3.05) is 6.61 Å². The second-order valence-electron chi connectivity index (χ2n) is 2.66. The molecule has 0 aliphatic heterocycles. The summed E-state index contributed by atoms with van der Waals surface area (Å²) in [5.74, 6) is -1.05. The van der Waals surface area contributed by atoms with Crippen molar-refractivity contribution in [1.29, 1.82) is 0 Å². The van der Waals surface area contributed by atoms with Crippen LogP contribution in [0.25, 0.3) is 6.08 Å². The number of aromatic nitrogens is 1. The highest BCUT2D eigenvalue weighted by Gasteiger charge is 2.07. The van der Waals surface area contributed by atoms with Crippen LogP contribution < -0.4 is 0 Å². The Kier molecular flexibility index (Phi) is 3.82. The minimum atomic E-state index is -1.05. The fourth-order valence-corrected chi connectivity index (χ4v) is 1.02. The highest BCUT2D eigenvalue weighted by molar-refractivity contribution is 5.89. The average molecular weight is 193 g/mol. The highest BCUT2D eigenvalue weighted by Crippen LogP contribution is 2.07. The molecule has 0 spiro atoms. The SMILES string of the molecule is O=C(O)c1ncccc1C=CCCO. The largest absolute Gasteiger partial charge is 0.476 e. The van der Waals surface area contributed by atoms with E-state index in [-0.39, 0.29) is 12.3 Å². The molecule has 0 aromatic carbocycles. The summed E-state index contributed by atoms with van der Waals surface area (Å²) in [5.41, 5.74) is 0.579. The van der Waals surface area contributed by atoms with E-state index in [1.54, 1.807) is 24.3 Å². The summed E-state index contributed by atoms with van der Waals surface area (Å²) in [6.07, 6.45) is 5.30. The van der Waals surface area contributed by atoms with Crippen LogP contribution in [0.4, 0.5) is 0 Å². The maximum atomic E-state index is 10.7. The Hall–Kier alpha value is -1.68. The van der Waals surface area contributed by atoms with Gasteiger partial charge >= 0.3 is 5.97 Å². The third kappa shape index (κ3) is 2.67. The fraction of sp³-hybridized carbons (Fsp3) is 0.200. The molecule has 1 aromatic rings. The predicted molar refractivity (Wildman–Crippen MR) is 51.9 cm³/mol. The molecular weight excluding hydrogens is 182 g/mol. The van der Waals surface area contributed by atoms with Crippen molar-refractivity contribution in [3.63, 3.8) is 0 Å². The summed E-state index contributed by atoms with van der Waals surface area (Å²) in [6, 6.07) is 3.34. The van der Waals surface area contributed by atoms with Crippen molar-refractivity contribution in [2.24, 2.45) is 0 Å². The van der Waals surface area contributed by atoms with Crippen LogP contribution in [0.3, 0.4) is 0 Å². The number of carbonyl (C=O) groups is 1. The molecule has 0 unspecified atom stereocenters. The summed E-state index contributed by atoms with van der Waals surface area (Å²) in [5, 5.41) is 17.3. The minimum absolute atomic E-state index is 0.0293. The van der Waals surface area contributed by atoms with Crippen molar-refractivity contribution in [3.05, 3.63) is 35.7 Å². The Balaban J connectivity index is 2.90. The molecule has 4 heteroatoms. The van der Waals surface area contributed by atoms with Crippen LogP contribution in [0.5, 0.6) is 0 Å². The van der Waals surface area contributed by atoms with Crippen molar-refractivity contribution in [2.45, 2.75) is 6.42 Å². The minimum Gasteiger partial charge on any atom is -0.476 e. The van der Waals surface area contributed by atoms with Crippen LogP contribution >= 0.6 is 0 Å². The number of hydrogen-bond donors (Lipinski definition) is 2. The smallest absolute Gasteiger partial charge is 0.355 e. The maximum absolute atomic E-state index is 10.7. The first-order chi connectivity index (χ1) is 6.75. The number of nitrogens with zero attached hydrogens (tertiary/aromatic N) is 1. The topological polar surface area (TPSA) is 70.4 Å². The summed E-state index contributed by atoms with van der Waals surface area (Å²) < 4.78 is 0. The van der Waals surface area contributed by atoms with Gasteiger partial charge in [0.15, 0.2) is 5.69 Å². The lowest BCUT2D eigenvalue weighted by Crippen LogP contribution is -2.02. The number of aliphatic hydroxyl groups excluding tert-OH is 1. The molecule has 14 heavy (non-hydrogen) atoms. The number of aromatic carboxylic acids is 1. The molecule has 0 radical (unpaired) electrons. The first kappa shape index (κ1) is 10.4. The normalized spacial score (nSPS) is 10.6. The molecule has 4 nitrogen and oxygen atoms in total. The Morgan fingerprint density at radius 1 is 1.57 bits per heavy atom. The van der Waals surface area contributed by atoms with Gasteiger partial charge in [0.05, 0.1) is 0 Å². The van der Waals surface area contributed by atoms with E-state index in [1.807, 2.05) is 0 Å². The van der Waals surface area contributed by atoms with E-state index in [1.165, 1.54) is 6.20 Å². The van der Waals surface area contributed by atoms with Gasteiger partial charge in [-0.25, -0.2) is 9.78 Å². The fourth-order valence-electron chi connectivity index (χ4n) is 1.02. The summed E-state index contributed by atoms with van der Waals surface area (Å²) in [7, 11) is 0. The van der Waals surface area contributed by atoms with Crippen molar-refractivity contribution < 1.29 is 15.0 Å². The molecular formula is C10H11NO3. The molecule has 0 saturated heterocycles. The average Bonchev–Trinajstić information content (AvgIpc) is 2.19. The third-order valence-corrected chi connectivity index (χ3v) is 1.63. The first-order valence-corrected chi connectivity index (χ1v) is 4.21. The van der Waals surface area contributed by atoms with Crippen LogP contribution in [0, 0.1) is 0 Å². The Labute approximate surface area is 81.5 Å². The Morgan fingerprint density at radius 2 is 2.36 bits per heavy atom. The lowest BCUT2D eigenvalue weighted by molar-refractivity contribution is 0.0690. The van der Waals surface area contributed by atoms with E-state index in [0.717, 1.165) is 0 Å². The molecule has 0 fully saturated rings. The second-order valence-corrected chi connectivity index (χ2v) is 2.66. The zero-order chi connectivity index (χ0) is 10.4. The van der Waals surface area contributed by atoms with Crippen LogP contribution in [-0.4, -0.2) is 27.8 Å². The summed E-state index contributed by atoms with van der Waals surface area (Å²) in [6.45, 7) is 0.0547. The Morgan fingerprint density at radius 3 is 3.00 bits per heavy atom. The zero-order valence-electron chi connectivity index (χ0n) is 7.55. The van der Waals surface area contributed by atoms with Gasteiger partial charge in [0.1, 0.15) is 0 Å². The molecule has 74 valence electrons. The molecule has 0 saturated carbocycles. The van der Waals surface area contributed by atoms with E-state index in [2.05, 4.69) is 4.98 Å². The lowest BCUT2D eigenvalue weighted by atomic mass is 10.1. The number of carboxylic acid groups (broad SMARTS) is 1. The van der Waals surface area contributed by atoms with Gasteiger partial charge in [-0.15, -0.1) is 0 Å². The standard InChI is InChI=1S/C10H11NO3/c12-7-2-1-4-8-5-3-6-11-9(8)10(13)14/h1,3-6,12H,2,7H2,(H,13,14). The van der Waals surface area contributed by atoms with Gasteiger partial charge in [-0.05, 0) is 12.5 Å². The van der Waals surface area contributed by atoms with Crippen LogP contribution in [0.15, 0.2) is 24.4 Å². The van der Waals surface area contributed by atoms with E-state index in [0.29, 0.717) is 12.0 Å². The highest BCUT2D eigenvalue weighted by atomic mass is 16.4. The number of pyridine rings is 1. The van der Waals surface area contributed by atoms with Crippen LogP contribution in [-0.2, 0) is 0 Å². The van der Waals surface area contributed by atoms with Crippen LogP contribution in [0.2, 0.25) is 0 Å². The van der Waals surface area contributed by atoms with E-state index < -0.39 is 5.97 Å². The van der Waals surface area contributed by atoms with Crippen molar-refractivity contribution in [3.8, 4) is 0 Å². The third-order valence-electron chi connectivity index (χ3n) is 1.63. The molecule has 0 aliphatic carbocycles. The monoisotopic (exact) mass is 193 g/mol. The summed E-state index contributed by atoms with van der Waals surface area (Å²) in [4.78, 5) is 14.5. The van der Waals surface area contributed by atoms with Gasteiger partial charge in [-0.3, -0.25) is 0 Å². The molecule has 1 aromatic heterocycles. The molecule has 1 heterocycles. The van der Waals surface area contributed by atoms with E-state index in [4.69, 9.17) is 10.2 Å². The van der Waals surface area contributed by atoms with Gasteiger partial charge in [0.25, 0.3) is 0 Å². The number of carboxylic acids is 1. The molecule has 1 rings (SSSR count). The van der Waals surface area contributed by atoms with E-state index in [9.17, 15) is 4.79 Å². The lowest BCUT2D eigenvalue weighted by Gasteiger charge is -1.98. The number of rotatable bonds is 4. The van der Waals surface area contributed by atoms with Crippen LogP contribution in [0.1, 0.15) is 22.5 Å². The second kappa shape index (κ2) is 5.14. The van der Waals surface area contributed by atoms with Gasteiger partial charge in [0, 0.05) is 18.4 Å². The molecule has 0 amide bonds. The van der Waals surface area contributed by atoms with Gasteiger partial charge in [0.2, 0.25) is 0 Å². The van der Waals surface area contributed by atoms with Gasteiger partial charge < -0.3 is 10.2 Å². The first-order valence-electron chi connectivity index (χ1n) is 4.21. The summed E-state index contributed by atoms with van der Waals surface area (Å²) >= 11 is 0. The predicted octanol–water partition coefficient (Wildman–Crippen LogP) is 1.18. The Bertz CT molecular complexity index is 347. The molecule has 0 atom stereocenters. The maximum Gasteiger partial charge on any atom is 0.355 e. The molecule has 0 bridgehead atoms. The molecule has 2 N–H and O–H groups in total. The number of hydrogen-bond acceptors (Lipinski definition) is 3. The quantitative estimate of drug-likeness (QED) is 0.753. The number of aliphatic hydroxyl groups is 1. The van der Waals surface area contributed by atoms with Crippen molar-refractivity contribution >= 4 is 12.0 Å². The molecule has 0 aliphatic rings. The zero-order valence-corrected chi connectivity index (χ0v) is 7.55. The van der Waals surface area contributed by atoms with Gasteiger partial charge in [-0.1, -0.05) is 18.2 Å². The van der Waals surface area contributed by atoms with Crippen molar-refractivity contribution in [1.82, 2.24) is 4.98 Å². The van der Waals surface area contributed by atoms with Gasteiger partial charge in [-0.2, -0.15) is 0 Å². The van der Waals surface area contributed by atoms with E-state index >= 15 is 0 Å².